The summed E-state index contributed by atoms with van der Waals surface area (Å²) in [5.41, 5.74) is 1.09. The van der Waals surface area contributed by atoms with Crippen LogP contribution in [-0.2, 0) is 4.74 Å². The van der Waals surface area contributed by atoms with E-state index in [0.29, 0.717) is 6.61 Å². The SMILES string of the molecule is C=C(C)COCCNCCCSC. The summed E-state index contributed by atoms with van der Waals surface area (Å²) in [5.74, 6) is 1.24. The van der Waals surface area contributed by atoms with Gasteiger partial charge in [-0.1, -0.05) is 12.2 Å². The van der Waals surface area contributed by atoms with Crippen molar-refractivity contribution in [3.05, 3.63) is 12.2 Å². The second-order valence-electron chi connectivity index (χ2n) is 3.11. The molecule has 0 aromatic heterocycles. The number of hydrogen-bond acceptors (Lipinski definition) is 3. The Bertz CT molecular complexity index is 128. The summed E-state index contributed by atoms with van der Waals surface area (Å²) in [6.07, 6.45) is 3.37. The highest BCUT2D eigenvalue weighted by atomic mass is 32.2. The minimum Gasteiger partial charge on any atom is -0.376 e. The van der Waals surface area contributed by atoms with Crippen LogP contribution >= 0.6 is 11.8 Å². The van der Waals surface area contributed by atoms with Crippen molar-refractivity contribution >= 4 is 11.8 Å². The highest BCUT2D eigenvalue weighted by molar-refractivity contribution is 7.98. The predicted octanol–water partition coefficient (Wildman–Crippen LogP) is 1.92. The predicted molar refractivity (Wildman–Crippen MR) is 61.5 cm³/mol. The molecule has 0 aliphatic rings. The van der Waals surface area contributed by atoms with E-state index in [-0.39, 0.29) is 0 Å². The second-order valence-corrected chi connectivity index (χ2v) is 4.09. The molecule has 1 N–H and O–H groups in total. The Morgan fingerprint density at radius 3 is 2.85 bits per heavy atom. The molecule has 0 atom stereocenters. The maximum atomic E-state index is 5.33. The van der Waals surface area contributed by atoms with Crippen molar-refractivity contribution < 1.29 is 4.74 Å². The number of thioether (sulfide) groups is 1. The Morgan fingerprint density at radius 1 is 1.46 bits per heavy atom. The highest BCUT2D eigenvalue weighted by Crippen LogP contribution is 1.93. The van der Waals surface area contributed by atoms with Gasteiger partial charge in [0.1, 0.15) is 0 Å². The molecule has 0 rings (SSSR count). The minimum absolute atomic E-state index is 0.687. The largest absolute Gasteiger partial charge is 0.376 e. The molecule has 0 fully saturated rings. The van der Waals surface area contributed by atoms with Gasteiger partial charge >= 0.3 is 0 Å². The normalized spacial score (nSPS) is 10.3. The monoisotopic (exact) mass is 203 g/mol. The van der Waals surface area contributed by atoms with Crippen LogP contribution in [0.25, 0.3) is 0 Å². The second kappa shape index (κ2) is 10.1. The van der Waals surface area contributed by atoms with Gasteiger partial charge in [-0.15, -0.1) is 0 Å². The third kappa shape index (κ3) is 12.0. The summed E-state index contributed by atoms with van der Waals surface area (Å²) in [4.78, 5) is 0. The fourth-order valence-corrected chi connectivity index (χ4v) is 1.29. The molecule has 13 heavy (non-hydrogen) atoms. The average molecular weight is 203 g/mol. The summed E-state index contributed by atoms with van der Waals surface area (Å²) in [6.45, 7) is 9.25. The Hall–Kier alpha value is 0.0100. The van der Waals surface area contributed by atoms with Crippen LogP contribution in [-0.4, -0.2) is 38.3 Å². The fourth-order valence-electron chi connectivity index (χ4n) is 0.857. The molecule has 0 saturated carbocycles. The Kier molecular flexibility index (Phi) is 10.1. The van der Waals surface area contributed by atoms with Gasteiger partial charge in [0.25, 0.3) is 0 Å². The number of hydrogen-bond donors (Lipinski definition) is 1. The average Bonchev–Trinajstić information content (AvgIpc) is 2.09. The van der Waals surface area contributed by atoms with Crippen LogP contribution in [0.4, 0.5) is 0 Å². The van der Waals surface area contributed by atoms with Gasteiger partial charge in [0.15, 0.2) is 0 Å². The first-order chi connectivity index (χ1) is 6.27. The van der Waals surface area contributed by atoms with Crippen LogP contribution in [0.5, 0.6) is 0 Å². The Balaban J connectivity index is 2.87. The summed E-state index contributed by atoms with van der Waals surface area (Å²) in [7, 11) is 0. The lowest BCUT2D eigenvalue weighted by atomic mass is 10.4. The van der Waals surface area contributed by atoms with E-state index in [0.717, 1.165) is 25.3 Å². The van der Waals surface area contributed by atoms with Crippen LogP contribution in [0.15, 0.2) is 12.2 Å². The first kappa shape index (κ1) is 13.0. The molecule has 0 aromatic carbocycles. The van der Waals surface area contributed by atoms with E-state index < -0.39 is 0 Å². The number of nitrogens with one attached hydrogen (secondary N) is 1. The lowest BCUT2D eigenvalue weighted by Gasteiger charge is -2.05. The molecule has 0 radical (unpaired) electrons. The van der Waals surface area contributed by atoms with E-state index in [2.05, 4.69) is 18.2 Å². The first-order valence-electron chi connectivity index (χ1n) is 4.69. The van der Waals surface area contributed by atoms with Crippen molar-refractivity contribution in [3.63, 3.8) is 0 Å². The van der Waals surface area contributed by atoms with E-state index in [1.54, 1.807) is 0 Å². The molecular formula is C10H21NOS. The van der Waals surface area contributed by atoms with Gasteiger partial charge in [0, 0.05) is 6.54 Å². The molecule has 0 amide bonds. The van der Waals surface area contributed by atoms with Gasteiger partial charge in [-0.2, -0.15) is 11.8 Å². The molecule has 0 spiro atoms. The van der Waals surface area contributed by atoms with E-state index in [1.807, 2.05) is 18.7 Å². The molecule has 0 heterocycles. The van der Waals surface area contributed by atoms with Crippen LogP contribution in [0.2, 0.25) is 0 Å². The van der Waals surface area contributed by atoms with Crippen molar-refractivity contribution in [3.8, 4) is 0 Å². The van der Waals surface area contributed by atoms with Gasteiger partial charge in [-0.05, 0) is 31.9 Å². The van der Waals surface area contributed by atoms with E-state index in [9.17, 15) is 0 Å². The zero-order chi connectivity index (χ0) is 9.94. The van der Waals surface area contributed by atoms with Gasteiger partial charge in [-0.25, -0.2) is 0 Å². The van der Waals surface area contributed by atoms with Gasteiger partial charge < -0.3 is 10.1 Å². The molecule has 0 bridgehead atoms. The fraction of sp³-hybridized carbons (Fsp3) is 0.800. The van der Waals surface area contributed by atoms with Gasteiger partial charge in [0.2, 0.25) is 0 Å². The van der Waals surface area contributed by atoms with Crippen molar-refractivity contribution in [2.75, 3.05) is 38.3 Å². The molecular weight excluding hydrogens is 182 g/mol. The standard InChI is InChI=1S/C10H21NOS/c1-10(2)9-12-7-6-11-5-4-8-13-3/h11H,1,4-9H2,2-3H3. The number of ether oxygens (including phenoxy) is 1. The third-order valence-electron chi connectivity index (χ3n) is 1.47. The van der Waals surface area contributed by atoms with Crippen LogP contribution < -0.4 is 5.32 Å². The summed E-state index contributed by atoms with van der Waals surface area (Å²) in [6, 6.07) is 0. The van der Waals surface area contributed by atoms with Crippen molar-refractivity contribution in [1.82, 2.24) is 5.32 Å². The number of rotatable bonds is 9. The lowest BCUT2D eigenvalue weighted by molar-refractivity contribution is 0.158. The van der Waals surface area contributed by atoms with Crippen LogP contribution in [0.3, 0.4) is 0 Å². The molecule has 0 aromatic rings. The van der Waals surface area contributed by atoms with Crippen molar-refractivity contribution in [2.45, 2.75) is 13.3 Å². The van der Waals surface area contributed by atoms with Crippen LogP contribution in [0, 0.1) is 0 Å². The smallest absolute Gasteiger partial charge is 0.0672 e. The molecule has 0 unspecified atom stereocenters. The first-order valence-corrected chi connectivity index (χ1v) is 6.08. The minimum atomic E-state index is 0.687. The summed E-state index contributed by atoms with van der Waals surface area (Å²) >= 11 is 1.89. The van der Waals surface area contributed by atoms with Gasteiger partial charge in [0.05, 0.1) is 13.2 Å². The van der Waals surface area contributed by atoms with E-state index >= 15 is 0 Å². The van der Waals surface area contributed by atoms with Crippen molar-refractivity contribution in [1.29, 1.82) is 0 Å². The summed E-state index contributed by atoms with van der Waals surface area (Å²) in [5, 5.41) is 3.33. The highest BCUT2D eigenvalue weighted by Gasteiger charge is 1.89. The molecule has 0 saturated heterocycles. The molecule has 78 valence electrons. The van der Waals surface area contributed by atoms with Crippen molar-refractivity contribution in [2.24, 2.45) is 0 Å². The molecule has 0 aliphatic heterocycles. The maximum absolute atomic E-state index is 5.33. The quantitative estimate of drug-likeness (QED) is 0.457. The molecule has 3 heteroatoms. The maximum Gasteiger partial charge on any atom is 0.0672 e. The Labute approximate surface area is 86.1 Å². The molecule has 2 nitrogen and oxygen atoms in total. The zero-order valence-electron chi connectivity index (χ0n) is 8.77. The zero-order valence-corrected chi connectivity index (χ0v) is 9.58. The van der Waals surface area contributed by atoms with E-state index in [1.165, 1.54) is 12.2 Å². The topological polar surface area (TPSA) is 21.3 Å². The van der Waals surface area contributed by atoms with Crippen LogP contribution in [0.1, 0.15) is 13.3 Å². The third-order valence-corrected chi connectivity index (χ3v) is 2.17. The molecule has 0 aliphatic carbocycles. The lowest BCUT2D eigenvalue weighted by Crippen LogP contribution is -2.21. The Morgan fingerprint density at radius 2 is 2.23 bits per heavy atom. The van der Waals surface area contributed by atoms with E-state index in [4.69, 9.17) is 4.74 Å². The van der Waals surface area contributed by atoms with Gasteiger partial charge in [-0.3, -0.25) is 0 Å². The summed E-state index contributed by atoms with van der Waals surface area (Å²) < 4.78 is 5.33.